The van der Waals surface area contributed by atoms with Gasteiger partial charge < -0.3 is 5.32 Å². The Hall–Kier alpha value is 0.200. The van der Waals surface area contributed by atoms with Gasteiger partial charge in [0, 0.05) is 21.5 Å². The number of rotatable bonds is 4. The summed E-state index contributed by atoms with van der Waals surface area (Å²) < 4.78 is 1.28. The van der Waals surface area contributed by atoms with Crippen molar-refractivity contribution >= 4 is 34.2 Å². The highest BCUT2D eigenvalue weighted by Gasteiger charge is 2.35. The zero-order chi connectivity index (χ0) is 10.7. The number of hydrogen-bond acceptors (Lipinski definition) is 1. The van der Waals surface area contributed by atoms with Crippen molar-refractivity contribution in [3.8, 4) is 0 Å². The fourth-order valence-electron chi connectivity index (χ4n) is 1.85. The number of nitrogens with one attached hydrogen (secondary N) is 1. The van der Waals surface area contributed by atoms with E-state index in [0.717, 1.165) is 12.4 Å². The fraction of sp³-hybridized carbons (Fsp3) is 0.500. The summed E-state index contributed by atoms with van der Waals surface area (Å²) in [7, 11) is 0. The molecular weight excluding hydrogens is 320 g/mol. The Morgan fingerprint density at radius 2 is 1.93 bits per heavy atom. The summed E-state index contributed by atoms with van der Waals surface area (Å²) in [6.45, 7) is 0.934. The van der Waals surface area contributed by atoms with Gasteiger partial charge in [-0.1, -0.05) is 12.1 Å². The summed E-state index contributed by atoms with van der Waals surface area (Å²) in [5.74, 6) is 0.734. The molecule has 3 heteroatoms. The SMILES string of the molecule is ClCC1(NCc2ccc(I)cc2)CCC1. The minimum atomic E-state index is 0.227. The molecule has 1 fully saturated rings. The first-order valence-corrected chi connectivity index (χ1v) is 6.91. The lowest BCUT2D eigenvalue weighted by atomic mass is 9.78. The molecule has 0 aromatic heterocycles. The maximum atomic E-state index is 5.99. The number of benzene rings is 1. The molecule has 0 atom stereocenters. The normalized spacial score (nSPS) is 18.5. The van der Waals surface area contributed by atoms with Gasteiger partial charge in [0.25, 0.3) is 0 Å². The van der Waals surface area contributed by atoms with Crippen molar-refractivity contribution in [1.29, 1.82) is 0 Å². The van der Waals surface area contributed by atoms with Crippen molar-refractivity contribution in [3.63, 3.8) is 0 Å². The van der Waals surface area contributed by atoms with Crippen LogP contribution in [0, 0.1) is 3.57 Å². The fourth-order valence-corrected chi connectivity index (χ4v) is 2.57. The van der Waals surface area contributed by atoms with Crippen LogP contribution in [0.25, 0.3) is 0 Å². The van der Waals surface area contributed by atoms with E-state index in [0.29, 0.717) is 0 Å². The van der Waals surface area contributed by atoms with E-state index >= 15 is 0 Å². The minimum absolute atomic E-state index is 0.227. The summed E-state index contributed by atoms with van der Waals surface area (Å²) in [5.41, 5.74) is 1.57. The molecule has 0 amide bonds. The molecule has 0 saturated heterocycles. The van der Waals surface area contributed by atoms with Crippen LogP contribution in [0.15, 0.2) is 24.3 Å². The third kappa shape index (κ3) is 2.86. The van der Waals surface area contributed by atoms with E-state index in [-0.39, 0.29) is 5.54 Å². The minimum Gasteiger partial charge on any atom is -0.306 e. The van der Waals surface area contributed by atoms with Crippen molar-refractivity contribution in [3.05, 3.63) is 33.4 Å². The lowest BCUT2D eigenvalue weighted by Gasteiger charge is -2.41. The van der Waals surface area contributed by atoms with Gasteiger partial charge >= 0.3 is 0 Å². The highest BCUT2D eigenvalue weighted by atomic mass is 127. The van der Waals surface area contributed by atoms with Crippen molar-refractivity contribution in [2.75, 3.05) is 5.88 Å². The highest BCUT2D eigenvalue weighted by Crippen LogP contribution is 2.33. The largest absolute Gasteiger partial charge is 0.306 e. The smallest absolute Gasteiger partial charge is 0.0406 e. The molecule has 0 aliphatic heterocycles. The molecular formula is C12H15ClIN. The van der Waals surface area contributed by atoms with Crippen molar-refractivity contribution in [2.45, 2.75) is 31.3 Å². The van der Waals surface area contributed by atoms with Gasteiger partial charge in [0.05, 0.1) is 0 Å². The molecule has 0 spiro atoms. The van der Waals surface area contributed by atoms with Gasteiger partial charge in [-0.05, 0) is 59.5 Å². The van der Waals surface area contributed by atoms with E-state index < -0.39 is 0 Å². The zero-order valence-electron chi connectivity index (χ0n) is 8.60. The van der Waals surface area contributed by atoms with Crippen LogP contribution in [0.5, 0.6) is 0 Å². The Bertz CT molecular complexity index is 313. The van der Waals surface area contributed by atoms with Crippen LogP contribution < -0.4 is 5.32 Å². The Morgan fingerprint density at radius 3 is 2.40 bits per heavy atom. The maximum absolute atomic E-state index is 5.99. The number of hydrogen-bond donors (Lipinski definition) is 1. The maximum Gasteiger partial charge on any atom is 0.0406 e. The van der Waals surface area contributed by atoms with Gasteiger partial charge in [-0.2, -0.15) is 0 Å². The second-order valence-corrected chi connectivity index (χ2v) is 5.76. The van der Waals surface area contributed by atoms with Gasteiger partial charge in [-0.15, -0.1) is 11.6 Å². The van der Waals surface area contributed by atoms with Crippen molar-refractivity contribution < 1.29 is 0 Å². The lowest BCUT2D eigenvalue weighted by Crippen LogP contribution is -2.52. The Labute approximate surface area is 110 Å². The van der Waals surface area contributed by atoms with Crippen molar-refractivity contribution in [1.82, 2.24) is 5.32 Å². The monoisotopic (exact) mass is 335 g/mol. The number of alkyl halides is 1. The highest BCUT2D eigenvalue weighted by molar-refractivity contribution is 14.1. The third-order valence-corrected chi connectivity index (χ3v) is 4.38. The molecule has 1 aromatic rings. The summed E-state index contributed by atoms with van der Waals surface area (Å²) >= 11 is 8.31. The first-order valence-electron chi connectivity index (χ1n) is 5.30. The number of halogens is 2. The van der Waals surface area contributed by atoms with E-state index in [1.165, 1.54) is 28.4 Å². The van der Waals surface area contributed by atoms with Crippen LogP contribution >= 0.6 is 34.2 Å². The van der Waals surface area contributed by atoms with E-state index in [9.17, 15) is 0 Å². The topological polar surface area (TPSA) is 12.0 Å². The molecule has 1 N–H and O–H groups in total. The van der Waals surface area contributed by atoms with Gasteiger partial charge in [-0.25, -0.2) is 0 Å². The van der Waals surface area contributed by atoms with Crippen LogP contribution in [-0.2, 0) is 6.54 Å². The molecule has 0 radical (unpaired) electrons. The second kappa shape index (κ2) is 5.02. The summed E-state index contributed by atoms with van der Waals surface area (Å²) in [5, 5.41) is 3.58. The predicted molar refractivity (Wildman–Crippen MR) is 73.3 cm³/mol. The Kier molecular flexibility index (Phi) is 3.91. The van der Waals surface area contributed by atoms with E-state index in [1.54, 1.807) is 0 Å². The summed E-state index contributed by atoms with van der Waals surface area (Å²) in [6.07, 6.45) is 3.76. The molecule has 1 aliphatic carbocycles. The molecule has 2 rings (SSSR count). The molecule has 1 nitrogen and oxygen atoms in total. The molecule has 0 bridgehead atoms. The van der Waals surface area contributed by atoms with Crippen LogP contribution in [0.4, 0.5) is 0 Å². The average molecular weight is 336 g/mol. The first kappa shape index (κ1) is 11.7. The van der Waals surface area contributed by atoms with Crippen LogP contribution in [0.2, 0.25) is 0 Å². The van der Waals surface area contributed by atoms with Gasteiger partial charge in [0.1, 0.15) is 0 Å². The molecule has 0 heterocycles. The van der Waals surface area contributed by atoms with Gasteiger partial charge in [-0.3, -0.25) is 0 Å². The average Bonchev–Trinajstić information content (AvgIpc) is 2.20. The zero-order valence-corrected chi connectivity index (χ0v) is 11.5. The van der Waals surface area contributed by atoms with Crippen LogP contribution in [0.3, 0.4) is 0 Å². The van der Waals surface area contributed by atoms with Gasteiger partial charge in [0.15, 0.2) is 0 Å². The standard InChI is InChI=1S/C12H15ClIN/c13-9-12(6-1-7-12)15-8-10-2-4-11(14)5-3-10/h2-5,15H,1,6-9H2. The van der Waals surface area contributed by atoms with E-state index in [2.05, 4.69) is 52.2 Å². The molecule has 82 valence electrons. The van der Waals surface area contributed by atoms with E-state index in [1.807, 2.05) is 0 Å². The van der Waals surface area contributed by atoms with Crippen molar-refractivity contribution in [2.24, 2.45) is 0 Å². The van der Waals surface area contributed by atoms with Crippen LogP contribution in [-0.4, -0.2) is 11.4 Å². The van der Waals surface area contributed by atoms with Gasteiger partial charge in [0.2, 0.25) is 0 Å². The Balaban J connectivity index is 1.90. The predicted octanol–water partition coefficient (Wildman–Crippen LogP) is 3.54. The lowest BCUT2D eigenvalue weighted by molar-refractivity contribution is 0.211. The Morgan fingerprint density at radius 1 is 1.27 bits per heavy atom. The molecule has 1 saturated carbocycles. The summed E-state index contributed by atoms with van der Waals surface area (Å²) in [4.78, 5) is 0. The second-order valence-electron chi connectivity index (χ2n) is 4.25. The molecule has 1 aromatic carbocycles. The first-order chi connectivity index (χ1) is 7.24. The molecule has 1 aliphatic rings. The van der Waals surface area contributed by atoms with Crippen LogP contribution in [0.1, 0.15) is 24.8 Å². The summed E-state index contributed by atoms with van der Waals surface area (Å²) in [6, 6.07) is 8.64. The molecule has 0 unspecified atom stereocenters. The molecule has 15 heavy (non-hydrogen) atoms. The third-order valence-electron chi connectivity index (χ3n) is 3.15. The quantitative estimate of drug-likeness (QED) is 0.655. The van der Waals surface area contributed by atoms with E-state index in [4.69, 9.17) is 11.6 Å².